The lowest BCUT2D eigenvalue weighted by molar-refractivity contribution is 0.102. The van der Waals surface area contributed by atoms with Crippen LogP contribution in [0.4, 0.5) is 5.82 Å². The summed E-state index contributed by atoms with van der Waals surface area (Å²) in [6.07, 6.45) is 1.78. The maximum absolute atomic E-state index is 13.0. The Balaban J connectivity index is 1.84. The van der Waals surface area contributed by atoms with Crippen LogP contribution in [0.25, 0.3) is 16.8 Å². The second-order valence-electron chi connectivity index (χ2n) is 8.22. The summed E-state index contributed by atoms with van der Waals surface area (Å²) < 4.78 is 27.8. The molecule has 0 saturated heterocycles. The van der Waals surface area contributed by atoms with Crippen molar-refractivity contribution in [2.75, 3.05) is 19.4 Å². The van der Waals surface area contributed by atoms with E-state index in [0.29, 0.717) is 22.5 Å². The molecule has 1 heterocycles. The zero-order valence-corrected chi connectivity index (χ0v) is 20.4. The topological polar surface area (TPSA) is 95.2 Å². The molecule has 4 aromatic rings. The second kappa shape index (κ2) is 9.58. The third-order valence-electron chi connectivity index (χ3n) is 5.64. The van der Waals surface area contributed by atoms with E-state index < -0.39 is 10.0 Å². The number of nitrogens with one attached hydrogen (secondary N) is 1. The van der Waals surface area contributed by atoms with Crippen molar-refractivity contribution in [3.63, 3.8) is 0 Å². The van der Waals surface area contributed by atoms with E-state index in [1.807, 2.05) is 37.3 Å². The molecule has 1 N–H and O–H groups in total. The number of nitrogens with zero attached hydrogens (tertiary/aromatic N) is 3. The summed E-state index contributed by atoms with van der Waals surface area (Å²) in [7, 11) is -0.637. The van der Waals surface area contributed by atoms with Gasteiger partial charge < -0.3 is 9.88 Å². The molecule has 1 aromatic heterocycles. The van der Waals surface area contributed by atoms with Gasteiger partial charge in [-0.1, -0.05) is 48.0 Å². The first-order chi connectivity index (χ1) is 16.7. The fourth-order valence-electron chi connectivity index (χ4n) is 3.66. The Kier molecular flexibility index (Phi) is 6.56. The first kappa shape index (κ1) is 24.0. The van der Waals surface area contributed by atoms with Crippen molar-refractivity contribution in [3.8, 4) is 22.9 Å². The molecule has 0 atom stereocenters. The van der Waals surface area contributed by atoms with Gasteiger partial charge in [-0.05, 0) is 48.9 Å². The van der Waals surface area contributed by atoms with E-state index in [-0.39, 0.29) is 16.4 Å². The van der Waals surface area contributed by atoms with E-state index in [4.69, 9.17) is 0 Å². The summed E-state index contributed by atoms with van der Waals surface area (Å²) >= 11 is 0. The molecule has 1 amide bonds. The highest BCUT2D eigenvalue weighted by Gasteiger charge is 2.22. The molecular formula is C27H24N4O3S. The molecule has 3 aromatic carbocycles. The maximum atomic E-state index is 13.0. The number of benzene rings is 3. The van der Waals surface area contributed by atoms with E-state index >= 15 is 0 Å². The molecule has 0 unspecified atom stereocenters. The largest absolute Gasteiger partial charge is 0.307 e. The number of carbonyl (C=O) groups is 1. The SMILES string of the molecule is Cc1ccc(-n2cc(-c3ccc(S(=O)(=O)N(C)C)cc3)c(C#N)c2NC(=O)c2ccccc2)cc1. The summed E-state index contributed by atoms with van der Waals surface area (Å²) in [5, 5.41) is 13.0. The minimum Gasteiger partial charge on any atom is -0.307 e. The summed E-state index contributed by atoms with van der Waals surface area (Å²) in [5.74, 6) is -0.00210. The van der Waals surface area contributed by atoms with Gasteiger partial charge in [0.05, 0.1) is 4.90 Å². The van der Waals surface area contributed by atoms with Crippen molar-refractivity contribution in [3.05, 3.63) is 102 Å². The molecule has 7 nitrogen and oxygen atoms in total. The number of hydrogen-bond acceptors (Lipinski definition) is 4. The first-order valence-corrected chi connectivity index (χ1v) is 12.3. The normalized spacial score (nSPS) is 11.3. The molecule has 176 valence electrons. The zero-order valence-electron chi connectivity index (χ0n) is 19.6. The molecule has 0 aliphatic carbocycles. The van der Waals surface area contributed by atoms with E-state index in [1.54, 1.807) is 47.2 Å². The fraction of sp³-hybridized carbons (Fsp3) is 0.111. The van der Waals surface area contributed by atoms with E-state index in [1.165, 1.54) is 26.2 Å². The van der Waals surface area contributed by atoms with Crippen LogP contribution in [-0.4, -0.2) is 37.3 Å². The average molecular weight is 485 g/mol. The Hall–Kier alpha value is -4.19. The predicted octanol–water partition coefficient (Wildman–Crippen LogP) is 4.83. The van der Waals surface area contributed by atoms with Crippen LogP contribution in [0.3, 0.4) is 0 Å². The van der Waals surface area contributed by atoms with Gasteiger partial charge in [0.25, 0.3) is 5.91 Å². The van der Waals surface area contributed by atoms with Crippen molar-refractivity contribution in [2.24, 2.45) is 0 Å². The number of amides is 1. The number of aromatic nitrogens is 1. The number of rotatable bonds is 6. The quantitative estimate of drug-likeness (QED) is 0.424. The lowest BCUT2D eigenvalue weighted by atomic mass is 10.0. The molecule has 4 rings (SSSR count). The number of aryl methyl sites for hydroxylation is 1. The van der Waals surface area contributed by atoms with Crippen molar-refractivity contribution in [1.29, 1.82) is 5.26 Å². The van der Waals surface area contributed by atoms with Crippen LogP contribution in [0, 0.1) is 18.3 Å². The van der Waals surface area contributed by atoms with Crippen LogP contribution in [-0.2, 0) is 10.0 Å². The molecule has 0 saturated carbocycles. The van der Waals surface area contributed by atoms with E-state index in [9.17, 15) is 18.5 Å². The van der Waals surface area contributed by atoms with Gasteiger partial charge in [-0.3, -0.25) is 4.79 Å². The molecule has 0 spiro atoms. The summed E-state index contributed by atoms with van der Waals surface area (Å²) in [6, 6.07) is 25.0. The van der Waals surface area contributed by atoms with Crippen LogP contribution >= 0.6 is 0 Å². The lowest BCUT2D eigenvalue weighted by Crippen LogP contribution is -2.22. The van der Waals surface area contributed by atoms with Gasteiger partial charge in [0.2, 0.25) is 10.0 Å². The second-order valence-corrected chi connectivity index (χ2v) is 10.4. The molecule has 0 aliphatic rings. The standard InChI is InChI=1S/C27H24N4O3S/c1-19-9-13-22(14-10-19)31-18-25(20-11-15-23(16-12-20)35(33,34)30(2)3)24(17-28)26(31)29-27(32)21-7-5-4-6-8-21/h4-16,18H,1-3H3,(H,29,32). The first-order valence-electron chi connectivity index (χ1n) is 10.8. The van der Waals surface area contributed by atoms with Gasteiger partial charge in [0.1, 0.15) is 17.5 Å². The van der Waals surface area contributed by atoms with Crippen LogP contribution in [0.5, 0.6) is 0 Å². The number of anilines is 1. The Bertz CT molecular complexity index is 1510. The molecule has 0 radical (unpaired) electrons. The number of hydrogen-bond donors (Lipinski definition) is 1. The third-order valence-corrected chi connectivity index (χ3v) is 7.47. The van der Waals surface area contributed by atoms with Gasteiger partial charge in [-0.15, -0.1) is 0 Å². The highest BCUT2D eigenvalue weighted by atomic mass is 32.2. The summed E-state index contributed by atoms with van der Waals surface area (Å²) in [5.41, 5.74) is 3.82. The molecule has 35 heavy (non-hydrogen) atoms. The van der Waals surface area contributed by atoms with E-state index in [2.05, 4.69) is 11.4 Å². The highest BCUT2D eigenvalue weighted by molar-refractivity contribution is 7.89. The van der Waals surface area contributed by atoms with Crippen LogP contribution in [0.15, 0.2) is 90.0 Å². The smallest absolute Gasteiger partial charge is 0.256 e. The minimum absolute atomic E-state index is 0.153. The number of carbonyl (C=O) groups excluding carboxylic acids is 1. The zero-order chi connectivity index (χ0) is 25.2. The lowest BCUT2D eigenvalue weighted by Gasteiger charge is -2.11. The van der Waals surface area contributed by atoms with Crippen molar-refractivity contribution in [1.82, 2.24) is 8.87 Å². The maximum Gasteiger partial charge on any atom is 0.256 e. The Morgan fingerprint density at radius 2 is 1.57 bits per heavy atom. The fourth-order valence-corrected chi connectivity index (χ4v) is 4.56. The molecule has 0 fully saturated rings. The van der Waals surface area contributed by atoms with Crippen LogP contribution < -0.4 is 5.32 Å². The Morgan fingerprint density at radius 3 is 2.14 bits per heavy atom. The summed E-state index contributed by atoms with van der Waals surface area (Å²) in [4.78, 5) is 13.1. The van der Waals surface area contributed by atoms with Gasteiger partial charge in [0.15, 0.2) is 0 Å². The van der Waals surface area contributed by atoms with Crippen LogP contribution in [0.1, 0.15) is 21.5 Å². The Morgan fingerprint density at radius 1 is 0.943 bits per heavy atom. The molecule has 0 bridgehead atoms. The number of nitriles is 1. The molecule has 8 heteroatoms. The van der Waals surface area contributed by atoms with Crippen LogP contribution in [0.2, 0.25) is 0 Å². The highest BCUT2D eigenvalue weighted by Crippen LogP contribution is 2.34. The van der Waals surface area contributed by atoms with Gasteiger partial charge >= 0.3 is 0 Å². The van der Waals surface area contributed by atoms with Gasteiger partial charge in [-0.25, -0.2) is 12.7 Å². The molecule has 0 aliphatic heterocycles. The predicted molar refractivity (Wildman–Crippen MR) is 136 cm³/mol. The monoisotopic (exact) mass is 484 g/mol. The third kappa shape index (κ3) is 4.73. The summed E-state index contributed by atoms with van der Waals surface area (Å²) in [6.45, 7) is 1.98. The Labute approximate surface area is 204 Å². The van der Waals surface area contributed by atoms with Gasteiger partial charge in [0, 0.05) is 37.1 Å². The average Bonchev–Trinajstić information content (AvgIpc) is 3.23. The van der Waals surface area contributed by atoms with Gasteiger partial charge in [-0.2, -0.15) is 5.26 Å². The van der Waals surface area contributed by atoms with E-state index in [0.717, 1.165) is 15.6 Å². The number of sulfonamides is 1. The minimum atomic E-state index is -3.58. The van der Waals surface area contributed by atoms with Crippen molar-refractivity contribution < 1.29 is 13.2 Å². The van der Waals surface area contributed by atoms with Crippen molar-refractivity contribution >= 4 is 21.7 Å². The molecular weight excluding hydrogens is 460 g/mol. The van der Waals surface area contributed by atoms with Crippen molar-refractivity contribution in [2.45, 2.75) is 11.8 Å².